The molecule has 1 aromatic heterocycles. The summed E-state index contributed by atoms with van der Waals surface area (Å²) in [6.07, 6.45) is 2.43. The predicted octanol–water partition coefficient (Wildman–Crippen LogP) is 2.20. The second-order valence-corrected chi connectivity index (χ2v) is 3.96. The number of H-pyrrole nitrogens is 1. The molecule has 2 aromatic rings. The summed E-state index contributed by atoms with van der Waals surface area (Å²) in [6, 6.07) is 3.71. The number of carboxylic acids is 1. The highest BCUT2D eigenvalue weighted by atomic mass is 16.5. The van der Waals surface area contributed by atoms with Crippen LogP contribution in [0.2, 0.25) is 0 Å². The zero-order valence-electron chi connectivity index (χ0n) is 10.3. The van der Waals surface area contributed by atoms with Crippen LogP contribution in [0.1, 0.15) is 12.0 Å². The van der Waals surface area contributed by atoms with Gasteiger partial charge in [-0.15, -0.1) is 0 Å². The van der Waals surface area contributed by atoms with Gasteiger partial charge in [0.2, 0.25) is 0 Å². The third kappa shape index (κ3) is 2.25. The lowest BCUT2D eigenvalue weighted by Gasteiger charge is -2.07. The summed E-state index contributed by atoms with van der Waals surface area (Å²) in [5.41, 5.74) is 1.88. The molecule has 2 rings (SSSR count). The molecule has 96 valence electrons. The Morgan fingerprint density at radius 1 is 1.28 bits per heavy atom. The molecule has 5 heteroatoms. The molecule has 1 heterocycles. The lowest BCUT2D eigenvalue weighted by Crippen LogP contribution is -1.97. The van der Waals surface area contributed by atoms with E-state index in [-0.39, 0.29) is 6.42 Å². The first-order valence-electron chi connectivity index (χ1n) is 5.59. The molecule has 0 fully saturated rings. The van der Waals surface area contributed by atoms with Crippen molar-refractivity contribution in [2.45, 2.75) is 12.8 Å². The summed E-state index contributed by atoms with van der Waals surface area (Å²) in [7, 11) is 3.16. The number of hydrogen-bond donors (Lipinski definition) is 2. The van der Waals surface area contributed by atoms with Crippen molar-refractivity contribution in [2.24, 2.45) is 0 Å². The fraction of sp³-hybridized carbons (Fsp3) is 0.308. The van der Waals surface area contributed by atoms with Gasteiger partial charge in [-0.25, -0.2) is 0 Å². The van der Waals surface area contributed by atoms with Crippen LogP contribution in [-0.2, 0) is 11.2 Å². The van der Waals surface area contributed by atoms with Crippen LogP contribution < -0.4 is 9.47 Å². The van der Waals surface area contributed by atoms with Crippen LogP contribution in [0.25, 0.3) is 10.9 Å². The SMILES string of the molecule is COc1cc2[nH]cc(CCC(=O)O)c2cc1OC. The molecular formula is C13H15NO4. The van der Waals surface area contributed by atoms with Crippen molar-refractivity contribution in [3.05, 3.63) is 23.9 Å². The number of nitrogens with one attached hydrogen (secondary N) is 1. The zero-order valence-corrected chi connectivity index (χ0v) is 10.3. The fourth-order valence-corrected chi connectivity index (χ4v) is 1.96. The molecule has 5 nitrogen and oxygen atoms in total. The van der Waals surface area contributed by atoms with Gasteiger partial charge in [0.25, 0.3) is 0 Å². The van der Waals surface area contributed by atoms with Gasteiger partial charge < -0.3 is 19.6 Å². The summed E-state index contributed by atoms with van der Waals surface area (Å²) in [5, 5.41) is 9.68. The van der Waals surface area contributed by atoms with Crippen molar-refractivity contribution in [3.63, 3.8) is 0 Å². The summed E-state index contributed by atoms with van der Waals surface area (Å²) in [6.45, 7) is 0. The number of benzene rings is 1. The maximum absolute atomic E-state index is 10.6. The van der Waals surface area contributed by atoms with Gasteiger partial charge in [0.05, 0.1) is 14.2 Å². The minimum atomic E-state index is -0.801. The first kappa shape index (κ1) is 12.3. The van der Waals surface area contributed by atoms with Gasteiger partial charge in [-0.1, -0.05) is 0 Å². The number of carbonyl (C=O) groups is 1. The van der Waals surface area contributed by atoms with Crippen LogP contribution in [0.5, 0.6) is 11.5 Å². The predicted molar refractivity (Wildman–Crippen MR) is 67.4 cm³/mol. The second kappa shape index (κ2) is 5.00. The minimum Gasteiger partial charge on any atom is -0.493 e. The van der Waals surface area contributed by atoms with Gasteiger partial charge in [-0.2, -0.15) is 0 Å². The number of aromatic nitrogens is 1. The molecular weight excluding hydrogens is 234 g/mol. The van der Waals surface area contributed by atoms with Gasteiger partial charge in [0, 0.05) is 29.6 Å². The number of hydrogen-bond acceptors (Lipinski definition) is 3. The Bertz CT molecular complexity index is 574. The Kier molecular flexibility index (Phi) is 3.41. The average Bonchev–Trinajstić information content (AvgIpc) is 2.76. The standard InChI is InChI=1S/C13H15NO4/c1-17-11-5-9-8(3-4-13(15)16)7-14-10(9)6-12(11)18-2/h5-7,14H,3-4H2,1-2H3,(H,15,16). The summed E-state index contributed by atoms with van der Waals surface area (Å²) in [5.74, 6) is 0.489. The lowest BCUT2D eigenvalue weighted by molar-refractivity contribution is -0.136. The third-order valence-corrected chi connectivity index (χ3v) is 2.88. The number of methoxy groups -OCH3 is 2. The van der Waals surface area contributed by atoms with Crippen molar-refractivity contribution in [1.82, 2.24) is 4.98 Å². The molecule has 18 heavy (non-hydrogen) atoms. The Morgan fingerprint density at radius 2 is 1.94 bits per heavy atom. The number of rotatable bonds is 5. The van der Waals surface area contributed by atoms with Crippen molar-refractivity contribution >= 4 is 16.9 Å². The second-order valence-electron chi connectivity index (χ2n) is 3.96. The monoisotopic (exact) mass is 249 g/mol. The molecule has 0 saturated heterocycles. The molecule has 0 radical (unpaired) electrons. The molecule has 0 aliphatic carbocycles. The quantitative estimate of drug-likeness (QED) is 0.852. The largest absolute Gasteiger partial charge is 0.493 e. The molecule has 0 saturated carbocycles. The van der Waals surface area contributed by atoms with E-state index in [9.17, 15) is 4.79 Å². The maximum Gasteiger partial charge on any atom is 0.303 e. The average molecular weight is 249 g/mol. The Balaban J connectivity index is 2.42. The van der Waals surface area contributed by atoms with Gasteiger partial charge in [-0.05, 0) is 18.1 Å². The number of ether oxygens (including phenoxy) is 2. The van der Waals surface area contributed by atoms with Gasteiger partial charge >= 0.3 is 5.97 Å². The number of aliphatic carboxylic acids is 1. The van der Waals surface area contributed by atoms with Crippen LogP contribution in [0.4, 0.5) is 0 Å². The van der Waals surface area contributed by atoms with Crippen molar-refractivity contribution in [3.8, 4) is 11.5 Å². The topological polar surface area (TPSA) is 71.6 Å². The van der Waals surface area contributed by atoms with Crippen LogP contribution in [0, 0.1) is 0 Å². The number of aromatic amines is 1. The first-order valence-corrected chi connectivity index (χ1v) is 5.59. The van der Waals surface area contributed by atoms with E-state index >= 15 is 0 Å². The van der Waals surface area contributed by atoms with Crippen LogP contribution in [-0.4, -0.2) is 30.3 Å². The minimum absolute atomic E-state index is 0.112. The van der Waals surface area contributed by atoms with Crippen molar-refractivity contribution in [1.29, 1.82) is 0 Å². The highest BCUT2D eigenvalue weighted by Crippen LogP contribution is 2.33. The normalized spacial score (nSPS) is 10.6. The van der Waals surface area contributed by atoms with E-state index in [2.05, 4.69) is 4.98 Å². The van der Waals surface area contributed by atoms with E-state index < -0.39 is 5.97 Å². The molecule has 0 aliphatic rings. The van der Waals surface area contributed by atoms with Crippen LogP contribution in [0.3, 0.4) is 0 Å². The molecule has 0 atom stereocenters. The fourth-order valence-electron chi connectivity index (χ4n) is 1.96. The molecule has 2 N–H and O–H groups in total. The van der Waals surface area contributed by atoms with Crippen LogP contribution in [0.15, 0.2) is 18.3 Å². The maximum atomic E-state index is 10.6. The Hall–Kier alpha value is -2.17. The van der Waals surface area contributed by atoms with Gasteiger partial charge in [0.1, 0.15) is 0 Å². The highest BCUT2D eigenvalue weighted by molar-refractivity contribution is 5.87. The Labute approximate surface area is 104 Å². The zero-order chi connectivity index (χ0) is 13.1. The van der Waals surface area contributed by atoms with E-state index in [1.165, 1.54) is 0 Å². The van der Waals surface area contributed by atoms with E-state index in [1.807, 2.05) is 18.3 Å². The summed E-state index contributed by atoms with van der Waals surface area (Å²) in [4.78, 5) is 13.7. The summed E-state index contributed by atoms with van der Waals surface area (Å²) < 4.78 is 10.5. The number of aryl methyl sites for hydroxylation is 1. The molecule has 0 amide bonds. The van der Waals surface area contributed by atoms with E-state index in [0.29, 0.717) is 17.9 Å². The van der Waals surface area contributed by atoms with E-state index in [0.717, 1.165) is 16.5 Å². The smallest absolute Gasteiger partial charge is 0.303 e. The van der Waals surface area contributed by atoms with Crippen molar-refractivity contribution < 1.29 is 19.4 Å². The molecule has 1 aromatic carbocycles. The number of fused-ring (bicyclic) bond motifs is 1. The first-order chi connectivity index (χ1) is 8.65. The van der Waals surface area contributed by atoms with Crippen molar-refractivity contribution in [2.75, 3.05) is 14.2 Å². The molecule has 0 unspecified atom stereocenters. The Morgan fingerprint density at radius 3 is 2.56 bits per heavy atom. The third-order valence-electron chi connectivity index (χ3n) is 2.88. The van der Waals surface area contributed by atoms with Crippen LogP contribution >= 0.6 is 0 Å². The molecule has 0 spiro atoms. The van der Waals surface area contributed by atoms with Gasteiger partial charge in [0.15, 0.2) is 11.5 Å². The van der Waals surface area contributed by atoms with E-state index in [4.69, 9.17) is 14.6 Å². The lowest BCUT2D eigenvalue weighted by atomic mass is 10.1. The van der Waals surface area contributed by atoms with Gasteiger partial charge in [-0.3, -0.25) is 4.79 Å². The number of carboxylic acid groups (broad SMARTS) is 1. The highest BCUT2D eigenvalue weighted by Gasteiger charge is 2.11. The molecule has 0 aliphatic heterocycles. The summed E-state index contributed by atoms with van der Waals surface area (Å²) >= 11 is 0. The van der Waals surface area contributed by atoms with E-state index in [1.54, 1.807) is 14.2 Å². The molecule has 0 bridgehead atoms.